The molecule has 144 valence electrons. The van der Waals surface area contributed by atoms with Crippen molar-refractivity contribution in [3.63, 3.8) is 0 Å². The summed E-state index contributed by atoms with van der Waals surface area (Å²) in [5.74, 6) is 0.481. The van der Waals surface area contributed by atoms with Crippen molar-refractivity contribution >= 4 is 32.7 Å². The first-order chi connectivity index (χ1) is 14.0. The molecule has 0 bridgehead atoms. The van der Waals surface area contributed by atoms with E-state index >= 15 is 0 Å². The van der Waals surface area contributed by atoms with Crippen molar-refractivity contribution in [2.75, 3.05) is 0 Å². The fraction of sp³-hybridized carbons (Fsp3) is 0.222. The minimum atomic E-state index is 0.481. The number of pyridine rings is 1. The van der Waals surface area contributed by atoms with Crippen LogP contribution in [-0.4, -0.2) is 0 Å². The lowest BCUT2D eigenvalue weighted by molar-refractivity contribution is -0.660. The van der Waals surface area contributed by atoms with Crippen molar-refractivity contribution in [2.24, 2.45) is 7.05 Å². The number of aryl methyl sites for hydroxylation is 3. The Bertz CT molecular complexity index is 1410. The van der Waals surface area contributed by atoms with E-state index in [2.05, 4.69) is 100 Å². The molecule has 0 unspecified atom stereocenters. The number of benzene rings is 3. The van der Waals surface area contributed by atoms with Crippen LogP contribution in [0, 0.1) is 13.8 Å². The van der Waals surface area contributed by atoms with E-state index in [0.29, 0.717) is 5.92 Å². The maximum absolute atomic E-state index is 6.60. The molecule has 0 atom stereocenters. The van der Waals surface area contributed by atoms with Crippen LogP contribution < -0.4 is 4.57 Å². The lowest BCUT2D eigenvalue weighted by atomic mass is 9.94. The summed E-state index contributed by atoms with van der Waals surface area (Å²) < 4.78 is 8.83. The third kappa shape index (κ3) is 2.66. The van der Waals surface area contributed by atoms with Gasteiger partial charge < -0.3 is 4.42 Å². The van der Waals surface area contributed by atoms with Crippen LogP contribution >= 0.6 is 0 Å². The molecule has 29 heavy (non-hydrogen) atoms. The predicted octanol–water partition coefficient (Wildman–Crippen LogP) is 6.97. The molecule has 5 rings (SSSR count). The van der Waals surface area contributed by atoms with Crippen molar-refractivity contribution < 1.29 is 8.98 Å². The second kappa shape index (κ2) is 6.45. The van der Waals surface area contributed by atoms with Gasteiger partial charge in [0.25, 0.3) is 0 Å². The molecule has 0 radical (unpaired) electrons. The Balaban J connectivity index is 1.91. The summed E-state index contributed by atoms with van der Waals surface area (Å²) in [6.45, 7) is 8.88. The largest absolute Gasteiger partial charge is 0.454 e. The summed E-state index contributed by atoms with van der Waals surface area (Å²) in [6, 6.07) is 19.6. The Hall–Kier alpha value is -3.13. The summed E-state index contributed by atoms with van der Waals surface area (Å²) in [6.07, 6.45) is 2.24. The molecule has 2 aromatic heterocycles. The molecule has 2 heteroatoms. The van der Waals surface area contributed by atoms with E-state index in [0.717, 1.165) is 11.2 Å². The van der Waals surface area contributed by atoms with Gasteiger partial charge in [0.2, 0.25) is 5.69 Å². The average Bonchev–Trinajstić information content (AvgIpc) is 3.07. The monoisotopic (exact) mass is 380 g/mol. The molecule has 0 spiro atoms. The third-order valence-corrected chi connectivity index (χ3v) is 6.13. The smallest absolute Gasteiger partial charge is 0.216 e. The van der Waals surface area contributed by atoms with Gasteiger partial charge in [0, 0.05) is 27.8 Å². The van der Waals surface area contributed by atoms with Crippen LogP contribution in [0.2, 0.25) is 0 Å². The molecule has 2 nitrogen and oxygen atoms in total. The normalized spacial score (nSPS) is 11.9. The number of hydrogen-bond donors (Lipinski definition) is 0. The van der Waals surface area contributed by atoms with E-state index in [-0.39, 0.29) is 0 Å². The molecule has 5 aromatic rings. The number of aromatic nitrogens is 1. The van der Waals surface area contributed by atoms with E-state index in [1.165, 1.54) is 49.5 Å². The Morgan fingerprint density at radius 3 is 2.31 bits per heavy atom. The molecule has 0 saturated heterocycles. The van der Waals surface area contributed by atoms with Gasteiger partial charge in [0.05, 0.1) is 5.56 Å². The highest BCUT2D eigenvalue weighted by Crippen LogP contribution is 2.40. The molecular formula is C27H26NO+. The van der Waals surface area contributed by atoms with Crippen LogP contribution in [0.3, 0.4) is 0 Å². The molecule has 0 N–H and O–H groups in total. The number of hydrogen-bond acceptors (Lipinski definition) is 1. The Morgan fingerprint density at radius 2 is 1.52 bits per heavy atom. The molecule has 0 aliphatic rings. The number of nitrogens with zero attached hydrogens (tertiary/aromatic N) is 1. The third-order valence-electron chi connectivity index (χ3n) is 6.13. The molecule has 0 aliphatic carbocycles. The van der Waals surface area contributed by atoms with Gasteiger partial charge in [-0.25, -0.2) is 4.57 Å². The molecule has 3 aromatic carbocycles. The molecule has 0 saturated carbocycles. The maximum atomic E-state index is 6.60. The lowest BCUT2D eigenvalue weighted by Gasteiger charge is -2.12. The van der Waals surface area contributed by atoms with Crippen LogP contribution in [0.4, 0.5) is 0 Å². The van der Waals surface area contributed by atoms with Crippen molar-refractivity contribution in [2.45, 2.75) is 33.6 Å². The minimum Gasteiger partial charge on any atom is -0.454 e. The highest BCUT2D eigenvalue weighted by atomic mass is 16.3. The molecule has 0 fully saturated rings. The Kier molecular flexibility index (Phi) is 3.99. The zero-order valence-electron chi connectivity index (χ0n) is 17.7. The first-order valence-electron chi connectivity index (χ1n) is 10.3. The van der Waals surface area contributed by atoms with Crippen molar-refractivity contribution in [1.29, 1.82) is 0 Å². The fourth-order valence-corrected chi connectivity index (χ4v) is 4.65. The summed E-state index contributed by atoms with van der Waals surface area (Å²) in [5, 5.41) is 4.73. The van der Waals surface area contributed by atoms with Crippen molar-refractivity contribution in [3.05, 3.63) is 77.5 Å². The van der Waals surface area contributed by atoms with E-state index in [4.69, 9.17) is 4.42 Å². The summed E-state index contributed by atoms with van der Waals surface area (Å²) in [4.78, 5) is 0. The quantitative estimate of drug-likeness (QED) is 0.302. The Morgan fingerprint density at radius 1 is 0.793 bits per heavy atom. The standard InChI is InChI=1S/C27H26NO/c1-16(2)23-14-24(28(5)15-18(23)4)25-17(3)10-12-22-21-13-11-19-8-6-7-9-20(19)26(21)29-27(22)25/h6-16H,1-5H3/q+1. The number of furan rings is 1. The zero-order valence-corrected chi connectivity index (χ0v) is 17.7. The van der Waals surface area contributed by atoms with Gasteiger partial charge in [0.15, 0.2) is 6.20 Å². The lowest BCUT2D eigenvalue weighted by Crippen LogP contribution is -2.32. The summed E-state index contributed by atoms with van der Waals surface area (Å²) in [5.41, 5.74) is 8.28. The fourth-order valence-electron chi connectivity index (χ4n) is 4.65. The highest BCUT2D eigenvalue weighted by Gasteiger charge is 2.23. The SMILES string of the molecule is Cc1c[n+](C)c(-c2c(C)ccc3c2oc2c4ccccc4ccc32)cc1C(C)C. The number of fused-ring (bicyclic) bond motifs is 5. The molecule has 0 aliphatic heterocycles. The van der Waals surface area contributed by atoms with Gasteiger partial charge >= 0.3 is 0 Å². The van der Waals surface area contributed by atoms with Crippen LogP contribution in [0.5, 0.6) is 0 Å². The maximum Gasteiger partial charge on any atom is 0.216 e. The van der Waals surface area contributed by atoms with Crippen molar-refractivity contribution in [3.8, 4) is 11.3 Å². The van der Waals surface area contributed by atoms with Gasteiger partial charge in [-0.05, 0) is 42.3 Å². The van der Waals surface area contributed by atoms with Crippen molar-refractivity contribution in [1.82, 2.24) is 0 Å². The topological polar surface area (TPSA) is 17.0 Å². The predicted molar refractivity (Wildman–Crippen MR) is 121 cm³/mol. The minimum absolute atomic E-state index is 0.481. The van der Waals surface area contributed by atoms with Gasteiger partial charge in [0.1, 0.15) is 18.2 Å². The van der Waals surface area contributed by atoms with E-state index in [1.54, 1.807) is 0 Å². The van der Waals surface area contributed by atoms with Crippen LogP contribution in [0.25, 0.3) is 44.0 Å². The first-order valence-corrected chi connectivity index (χ1v) is 10.3. The van der Waals surface area contributed by atoms with Crippen LogP contribution in [0.1, 0.15) is 36.5 Å². The molecule has 2 heterocycles. The highest BCUT2D eigenvalue weighted by molar-refractivity contribution is 6.17. The van der Waals surface area contributed by atoms with Gasteiger partial charge in [-0.1, -0.05) is 56.3 Å². The van der Waals surface area contributed by atoms with Crippen LogP contribution in [0.15, 0.2) is 65.2 Å². The second-order valence-electron chi connectivity index (χ2n) is 8.46. The first kappa shape index (κ1) is 17.9. The molecule has 0 amide bonds. The Labute approximate surface area is 171 Å². The second-order valence-corrected chi connectivity index (χ2v) is 8.46. The average molecular weight is 381 g/mol. The van der Waals surface area contributed by atoms with Crippen LogP contribution in [-0.2, 0) is 7.05 Å². The van der Waals surface area contributed by atoms with Gasteiger partial charge in [-0.2, -0.15) is 0 Å². The van der Waals surface area contributed by atoms with E-state index < -0.39 is 0 Å². The van der Waals surface area contributed by atoms with E-state index in [1.807, 2.05) is 0 Å². The summed E-state index contributed by atoms with van der Waals surface area (Å²) in [7, 11) is 2.13. The van der Waals surface area contributed by atoms with E-state index in [9.17, 15) is 0 Å². The molecular weight excluding hydrogens is 354 g/mol. The zero-order chi connectivity index (χ0) is 20.3. The summed E-state index contributed by atoms with van der Waals surface area (Å²) >= 11 is 0. The van der Waals surface area contributed by atoms with Gasteiger partial charge in [-0.15, -0.1) is 0 Å². The van der Waals surface area contributed by atoms with Gasteiger partial charge in [-0.3, -0.25) is 0 Å². The number of rotatable bonds is 2.